The first-order valence-corrected chi connectivity index (χ1v) is 6.34. The lowest BCUT2D eigenvalue weighted by atomic mass is 10.0. The van der Waals surface area contributed by atoms with Crippen molar-refractivity contribution in [3.8, 4) is 5.75 Å². The molecule has 18 heavy (non-hydrogen) atoms. The number of rotatable bonds is 3. The normalized spacial score (nSPS) is 12.5. The maximum absolute atomic E-state index is 10.4. The highest BCUT2D eigenvalue weighted by molar-refractivity contribution is 9.10. The minimum atomic E-state index is -0.712. The number of hydrogen-bond acceptors (Lipinski definition) is 3. The lowest BCUT2D eigenvalue weighted by molar-refractivity contribution is 0.208. The smallest absolute Gasteiger partial charge is 0.122 e. The summed E-state index contributed by atoms with van der Waals surface area (Å²) in [5, 5.41) is 14.5. The zero-order valence-corrected chi connectivity index (χ0v) is 12.1. The SMILES string of the molecule is COc1ccc(C(O)c2c(Br)cnn2C)cc1C. The Balaban J connectivity index is 2.40. The molecule has 1 unspecified atom stereocenters. The molecule has 1 N–H and O–H groups in total. The molecule has 0 aliphatic heterocycles. The fourth-order valence-electron chi connectivity index (χ4n) is 1.96. The summed E-state index contributed by atoms with van der Waals surface area (Å²) in [5.74, 6) is 0.815. The molecular weight excluding hydrogens is 296 g/mol. The molecule has 1 atom stereocenters. The summed E-state index contributed by atoms with van der Waals surface area (Å²) < 4.78 is 7.67. The fourth-order valence-corrected chi connectivity index (χ4v) is 2.52. The summed E-state index contributed by atoms with van der Waals surface area (Å²) in [4.78, 5) is 0. The molecule has 0 bridgehead atoms. The quantitative estimate of drug-likeness (QED) is 0.948. The van der Waals surface area contributed by atoms with Crippen LogP contribution in [0.25, 0.3) is 0 Å². The van der Waals surface area contributed by atoms with E-state index in [0.29, 0.717) is 0 Å². The van der Waals surface area contributed by atoms with E-state index in [1.54, 1.807) is 25.0 Å². The third-order valence-corrected chi connectivity index (χ3v) is 3.54. The van der Waals surface area contributed by atoms with Crippen LogP contribution in [0.1, 0.15) is 22.9 Å². The predicted octanol–water partition coefficient (Wildman–Crippen LogP) is 2.58. The van der Waals surface area contributed by atoms with Gasteiger partial charge in [-0.3, -0.25) is 4.68 Å². The first-order valence-electron chi connectivity index (χ1n) is 5.54. The Morgan fingerprint density at radius 3 is 2.67 bits per heavy atom. The Labute approximate surface area is 114 Å². The largest absolute Gasteiger partial charge is 0.496 e. The molecule has 0 aliphatic carbocycles. The molecule has 0 saturated heterocycles. The van der Waals surface area contributed by atoms with Gasteiger partial charge in [-0.15, -0.1) is 0 Å². The second-order valence-corrected chi connectivity index (χ2v) is 4.99. The standard InChI is InChI=1S/C13H15BrN2O2/c1-8-6-9(4-5-11(8)18-3)13(17)12-10(14)7-15-16(12)2/h4-7,13,17H,1-3H3. The number of nitrogens with zero attached hydrogens (tertiary/aromatic N) is 2. The zero-order chi connectivity index (χ0) is 13.3. The number of aryl methyl sites for hydroxylation is 2. The molecule has 0 radical (unpaired) electrons. The number of halogens is 1. The molecule has 96 valence electrons. The van der Waals surface area contributed by atoms with Crippen LogP contribution in [0, 0.1) is 6.92 Å². The van der Waals surface area contributed by atoms with E-state index in [0.717, 1.165) is 27.0 Å². The van der Waals surface area contributed by atoms with Crippen molar-refractivity contribution in [3.05, 3.63) is 45.7 Å². The molecule has 0 aliphatic rings. The van der Waals surface area contributed by atoms with Crippen LogP contribution >= 0.6 is 15.9 Å². The van der Waals surface area contributed by atoms with Crippen molar-refractivity contribution in [1.82, 2.24) is 9.78 Å². The highest BCUT2D eigenvalue weighted by atomic mass is 79.9. The Morgan fingerprint density at radius 1 is 1.44 bits per heavy atom. The van der Waals surface area contributed by atoms with E-state index in [-0.39, 0.29) is 0 Å². The monoisotopic (exact) mass is 310 g/mol. The fraction of sp³-hybridized carbons (Fsp3) is 0.308. The first-order chi connectivity index (χ1) is 8.54. The molecule has 4 nitrogen and oxygen atoms in total. The second-order valence-electron chi connectivity index (χ2n) is 4.13. The van der Waals surface area contributed by atoms with Crippen molar-refractivity contribution in [2.75, 3.05) is 7.11 Å². The van der Waals surface area contributed by atoms with Gasteiger partial charge in [-0.1, -0.05) is 6.07 Å². The highest BCUT2D eigenvalue weighted by Crippen LogP contribution is 2.30. The van der Waals surface area contributed by atoms with Crippen LogP contribution in [-0.4, -0.2) is 22.0 Å². The van der Waals surface area contributed by atoms with Gasteiger partial charge in [0.05, 0.1) is 23.5 Å². The van der Waals surface area contributed by atoms with Crippen LogP contribution in [0.4, 0.5) is 0 Å². The third-order valence-electron chi connectivity index (χ3n) is 2.93. The summed E-state index contributed by atoms with van der Waals surface area (Å²) in [6, 6.07) is 5.64. The Bertz CT molecular complexity index is 547. The summed E-state index contributed by atoms with van der Waals surface area (Å²) in [6.45, 7) is 1.95. The van der Waals surface area contributed by atoms with Crippen molar-refractivity contribution >= 4 is 15.9 Å². The maximum atomic E-state index is 10.4. The molecule has 2 aromatic rings. The third kappa shape index (κ3) is 2.28. The van der Waals surface area contributed by atoms with Crippen molar-refractivity contribution in [3.63, 3.8) is 0 Å². The van der Waals surface area contributed by atoms with Crippen LogP contribution < -0.4 is 4.74 Å². The molecule has 0 spiro atoms. The van der Waals surface area contributed by atoms with Crippen LogP contribution in [-0.2, 0) is 7.05 Å². The van der Waals surface area contributed by atoms with Gasteiger partial charge in [0.25, 0.3) is 0 Å². The lowest BCUT2D eigenvalue weighted by Gasteiger charge is -2.14. The van der Waals surface area contributed by atoms with Crippen LogP contribution in [0.15, 0.2) is 28.9 Å². The molecule has 2 rings (SSSR count). The molecule has 5 heteroatoms. The van der Waals surface area contributed by atoms with E-state index in [4.69, 9.17) is 4.74 Å². The van der Waals surface area contributed by atoms with Gasteiger partial charge in [0.15, 0.2) is 0 Å². The van der Waals surface area contributed by atoms with Crippen molar-refractivity contribution in [2.24, 2.45) is 7.05 Å². The molecule has 0 saturated carbocycles. The van der Waals surface area contributed by atoms with E-state index < -0.39 is 6.10 Å². The number of methoxy groups -OCH3 is 1. The van der Waals surface area contributed by atoms with Gasteiger partial charge >= 0.3 is 0 Å². The molecular formula is C13H15BrN2O2. The summed E-state index contributed by atoms with van der Waals surface area (Å²) in [6.07, 6.45) is 0.964. The van der Waals surface area contributed by atoms with E-state index in [2.05, 4.69) is 21.0 Å². The number of hydrogen-bond donors (Lipinski definition) is 1. The van der Waals surface area contributed by atoms with Gasteiger partial charge in [-0.2, -0.15) is 5.10 Å². The molecule has 0 amide bonds. The maximum Gasteiger partial charge on any atom is 0.122 e. The van der Waals surface area contributed by atoms with Gasteiger partial charge in [-0.25, -0.2) is 0 Å². The average Bonchev–Trinajstić information content (AvgIpc) is 2.68. The summed E-state index contributed by atoms with van der Waals surface area (Å²) in [7, 11) is 3.44. The van der Waals surface area contributed by atoms with Gasteiger partial charge in [0.1, 0.15) is 11.9 Å². The van der Waals surface area contributed by atoms with Crippen molar-refractivity contribution in [2.45, 2.75) is 13.0 Å². The minimum absolute atomic E-state index is 0.712. The zero-order valence-electron chi connectivity index (χ0n) is 10.5. The summed E-state index contributed by atoms with van der Waals surface area (Å²) >= 11 is 3.39. The Kier molecular flexibility index (Phi) is 3.73. The van der Waals surface area contributed by atoms with Crippen molar-refractivity contribution in [1.29, 1.82) is 0 Å². The predicted molar refractivity (Wildman–Crippen MR) is 72.7 cm³/mol. The van der Waals surface area contributed by atoms with Gasteiger partial charge in [0, 0.05) is 7.05 Å². The molecule has 1 aromatic heterocycles. The lowest BCUT2D eigenvalue weighted by Crippen LogP contribution is -2.07. The van der Waals surface area contributed by atoms with Crippen LogP contribution in [0.2, 0.25) is 0 Å². The van der Waals surface area contributed by atoms with Crippen LogP contribution in [0.3, 0.4) is 0 Å². The van der Waals surface area contributed by atoms with E-state index >= 15 is 0 Å². The Hall–Kier alpha value is -1.33. The molecule has 1 heterocycles. The number of aliphatic hydroxyl groups is 1. The molecule has 1 aromatic carbocycles. The number of benzene rings is 1. The topological polar surface area (TPSA) is 47.3 Å². The second kappa shape index (κ2) is 5.12. The Morgan fingerprint density at radius 2 is 2.17 bits per heavy atom. The van der Waals surface area contributed by atoms with Crippen LogP contribution in [0.5, 0.6) is 5.75 Å². The highest BCUT2D eigenvalue weighted by Gasteiger charge is 2.18. The van der Waals surface area contributed by atoms with E-state index in [1.807, 2.05) is 25.1 Å². The first kappa shape index (κ1) is 13.1. The van der Waals surface area contributed by atoms with Gasteiger partial charge in [0.2, 0.25) is 0 Å². The number of aromatic nitrogens is 2. The number of ether oxygens (including phenoxy) is 1. The molecule has 0 fully saturated rings. The van der Waals surface area contributed by atoms with E-state index in [1.165, 1.54) is 0 Å². The van der Waals surface area contributed by atoms with Crippen molar-refractivity contribution < 1.29 is 9.84 Å². The summed E-state index contributed by atoms with van der Waals surface area (Å²) in [5.41, 5.74) is 2.55. The van der Waals surface area contributed by atoms with E-state index in [9.17, 15) is 5.11 Å². The number of aliphatic hydroxyl groups excluding tert-OH is 1. The van der Waals surface area contributed by atoms with Gasteiger partial charge < -0.3 is 9.84 Å². The average molecular weight is 311 g/mol. The minimum Gasteiger partial charge on any atom is -0.496 e. The van der Waals surface area contributed by atoms with Gasteiger partial charge in [-0.05, 0) is 46.1 Å².